The van der Waals surface area contributed by atoms with Gasteiger partial charge in [0.15, 0.2) is 11.6 Å². The number of ether oxygens (including phenoxy) is 4. The molecular formula is C26H29FN2O7. The third-order valence-electron chi connectivity index (χ3n) is 5.64. The van der Waals surface area contributed by atoms with Gasteiger partial charge in [0.05, 0.1) is 14.2 Å². The molecule has 0 radical (unpaired) electrons. The number of esters is 2. The first-order valence-corrected chi connectivity index (χ1v) is 11.2. The van der Waals surface area contributed by atoms with Gasteiger partial charge in [0.25, 0.3) is 0 Å². The molecule has 192 valence electrons. The topological polar surface area (TPSA) is 113 Å². The Kier molecular flexibility index (Phi) is 7.76. The smallest absolute Gasteiger partial charge is 0.467 e. The molecule has 3 atom stereocenters. The van der Waals surface area contributed by atoms with Gasteiger partial charge in [-0.25, -0.2) is 18.8 Å². The van der Waals surface area contributed by atoms with E-state index in [1.807, 2.05) is 6.07 Å². The summed E-state index contributed by atoms with van der Waals surface area (Å²) in [5, 5.41) is 8.47. The van der Waals surface area contributed by atoms with Gasteiger partial charge in [-0.3, -0.25) is 0 Å². The van der Waals surface area contributed by atoms with Gasteiger partial charge in [0.2, 0.25) is 5.54 Å². The van der Waals surface area contributed by atoms with Crippen LogP contribution < -0.4 is 0 Å². The minimum Gasteiger partial charge on any atom is -0.467 e. The van der Waals surface area contributed by atoms with Gasteiger partial charge in [-0.2, -0.15) is 10.2 Å². The number of halogens is 1. The summed E-state index contributed by atoms with van der Waals surface area (Å²) in [6.07, 6.45) is -2.81. The Balaban J connectivity index is 2.12. The number of carbonyl (C=O) groups excluding carboxylic acids is 3. The fraction of sp³-hybridized carbons (Fsp3) is 0.423. The monoisotopic (exact) mass is 500 g/mol. The second kappa shape index (κ2) is 10.4. The zero-order valence-electron chi connectivity index (χ0n) is 20.8. The van der Waals surface area contributed by atoms with Crippen LogP contribution >= 0.6 is 0 Å². The lowest BCUT2D eigenvalue weighted by Gasteiger charge is -2.33. The number of hydrogen-bond donors (Lipinski definition) is 0. The van der Waals surface area contributed by atoms with Crippen LogP contribution in [0.3, 0.4) is 0 Å². The fourth-order valence-electron chi connectivity index (χ4n) is 4.10. The molecule has 0 aliphatic carbocycles. The van der Waals surface area contributed by atoms with Crippen molar-refractivity contribution in [3.8, 4) is 0 Å². The van der Waals surface area contributed by atoms with Gasteiger partial charge in [0.1, 0.15) is 11.4 Å². The predicted octanol–water partition coefficient (Wildman–Crippen LogP) is 4.74. The van der Waals surface area contributed by atoms with E-state index < -0.39 is 46.7 Å². The lowest BCUT2D eigenvalue weighted by molar-refractivity contribution is -0.155. The van der Waals surface area contributed by atoms with E-state index in [1.165, 1.54) is 19.2 Å². The molecule has 0 saturated heterocycles. The molecule has 1 aliphatic heterocycles. The summed E-state index contributed by atoms with van der Waals surface area (Å²) in [5.41, 5.74) is -3.52. The molecule has 10 heteroatoms. The predicted molar refractivity (Wildman–Crippen MR) is 126 cm³/mol. The average molecular weight is 501 g/mol. The van der Waals surface area contributed by atoms with Crippen molar-refractivity contribution in [2.45, 2.75) is 56.4 Å². The molecule has 0 aromatic heterocycles. The third kappa shape index (κ3) is 5.69. The minimum atomic E-state index is -1.98. The molecule has 0 spiro atoms. The van der Waals surface area contributed by atoms with Crippen molar-refractivity contribution >= 4 is 18.1 Å². The zero-order chi connectivity index (χ0) is 26.6. The van der Waals surface area contributed by atoms with Crippen LogP contribution in [0.2, 0.25) is 0 Å². The molecule has 0 unspecified atom stereocenters. The number of azo groups is 1. The number of carbonyl (C=O) groups is 3. The Bertz CT molecular complexity index is 1130. The maximum absolute atomic E-state index is 13.7. The summed E-state index contributed by atoms with van der Waals surface area (Å²) in [4.78, 5) is 39.1. The van der Waals surface area contributed by atoms with Crippen LogP contribution in [0, 0.1) is 5.82 Å². The maximum Gasteiger partial charge on any atom is 0.509 e. The summed E-state index contributed by atoms with van der Waals surface area (Å²) in [6, 6.07) is 14.0. The molecule has 1 heterocycles. The molecule has 9 nitrogen and oxygen atoms in total. The fourth-order valence-corrected chi connectivity index (χ4v) is 4.10. The zero-order valence-corrected chi connectivity index (χ0v) is 20.8. The number of benzene rings is 2. The third-order valence-corrected chi connectivity index (χ3v) is 5.64. The average Bonchev–Trinajstić information content (AvgIpc) is 3.23. The van der Waals surface area contributed by atoms with E-state index in [0.29, 0.717) is 0 Å². The van der Waals surface area contributed by atoms with E-state index in [1.54, 1.807) is 45.0 Å². The first kappa shape index (κ1) is 26.8. The van der Waals surface area contributed by atoms with E-state index >= 15 is 0 Å². The molecule has 0 amide bonds. The van der Waals surface area contributed by atoms with Crippen molar-refractivity contribution in [3.05, 3.63) is 71.5 Å². The first-order valence-electron chi connectivity index (χ1n) is 11.2. The van der Waals surface area contributed by atoms with E-state index in [4.69, 9.17) is 18.9 Å². The summed E-state index contributed by atoms with van der Waals surface area (Å²) in [5.74, 6) is -2.16. The van der Waals surface area contributed by atoms with Crippen LogP contribution in [-0.4, -0.2) is 49.0 Å². The number of methoxy groups -OCH3 is 2. The van der Waals surface area contributed by atoms with Gasteiger partial charge in [-0.15, -0.1) is 0 Å². The lowest BCUT2D eigenvalue weighted by atomic mass is 9.76. The largest absolute Gasteiger partial charge is 0.509 e. The first-order chi connectivity index (χ1) is 16.9. The molecule has 0 saturated carbocycles. The highest BCUT2D eigenvalue weighted by atomic mass is 19.1. The molecule has 0 fully saturated rings. The molecule has 36 heavy (non-hydrogen) atoms. The van der Waals surface area contributed by atoms with Gasteiger partial charge in [-0.05, 0) is 44.0 Å². The van der Waals surface area contributed by atoms with E-state index in [2.05, 4.69) is 10.2 Å². The Hall–Kier alpha value is -3.82. The second-order valence-electron chi connectivity index (χ2n) is 9.49. The molecule has 0 bridgehead atoms. The van der Waals surface area contributed by atoms with E-state index in [9.17, 15) is 18.8 Å². The molecule has 3 rings (SSSR count). The van der Waals surface area contributed by atoms with Crippen LogP contribution in [0.25, 0.3) is 0 Å². The highest BCUT2D eigenvalue weighted by Crippen LogP contribution is 2.48. The molecule has 2 aromatic rings. The number of rotatable bonds is 7. The standard InChI is InChI=1S/C26H29FN2O7/c1-24(2,3)36-23(32)35-20(18-11-13-19(27)14-12-18)26(22(31)34-5)16-25(28-29-26,21(30)33-4)15-17-9-7-6-8-10-17/h6-14,20H,15-16H2,1-5H3/t20-,25+,26+/m0/s1. The van der Waals surface area contributed by atoms with Crippen molar-refractivity contribution < 1.29 is 37.7 Å². The summed E-state index contributed by atoms with van der Waals surface area (Å²) in [7, 11) is 2.35. The summed E-state index contributed by atoms with van der Waals surface area (Å²) in [6.45, 7) is 4.94. The van der Waals surface area contributed by atoms with Gasteiger partial charge in [0, 0.05) is 12.8 Å². The van der Waals surface area contributed by atoms with Crippen LogP contribution in [0.5, 0.6) is 0 Å². The van der Waals surface area contributed by atoms with Crippen LogP contribution in [0.1, 0.15) is 44.4 Å². The van der Waals surface area contributed by atoms with Crippen molar-refractivity contribution in [2.75, 3.05) is 14.2 Å². The van der Waals surface area contributed by atoms with Crippen molar-refractivity contribution in [3.63, 3.8) is 0 Å². The number of nitrogens with zero attached hydrogens (tertiary/aromatic N) is 2. The normalized spacial score (nSPS) is 21.9. The minimum absolute atomic E-state index is 0.0608. The summed E-state index contributed by atoms with van der Waals surface area (Å²) < 4.78 is 34.7. The Morgan fingerprint density at radius 2 is 1.56 bits per heavy atom. The molecule has 0 N–H and O–H groups in total. The van der Waals surface area contributed by atoms with E-state index in [-0.39, 0.29) is 18.4 Å². The second-order valence-corrected chi connectivity index (χ2v) is 9.49. The van der Waals surface area contributed by atoms with Gasteiger partial charge >= 0.3 is 18.1 Å². The number of hydrogen-bond acceptors (Lipinski definition) is 9. The molecule has 2 aromatic carbocycles. The maximum atomic E-state index is 13.7. The van der Waals surface area contributed by atoms with Gasteiger partial charge < -0.3 is 18.9 Å². The molecular weight excluding hydrogens is 471 g/mol. The lowest BCUT2D eigenvalue weighted by Crippen LogP contribution is -2.50. The van der Waals surface area contributed by atoms with Crippen LogP contribution in [0.4, 0.5) is 9.18 Å². The Morgan fingerprint density at radius 3 is 2.11 bits per heavy atom. The Labute approximate surface area is 208 Å². The summed E-state index contributed by atoms with van der Waals surface area (Å²) >= 11 is 0. The van der Waals surface area contributed by atoms with Crippen molar-refractivity contribution in [2.24, 2.45) is 10.2 Å². The molecule has 1 aliphatic rings. The Morgan fingerprint density at radius 1 is 0.944 bits per heavy atom. The highest BCUT2D eigenvalue weighted by molar-refractivity contribution is 5.88. The van der Waals surface area contributed by atoms with Crippen molar-refractivity contribution in [1.82, 2.24) is 0 Å². The van der Waals surface area contributed by atoms with Crippen LogP contribution in [-0.2, 0) is 35.0 Å². The highest BCUT2D eigenvalue weighted by Gasteiger charge is 2.62. The SMILES string of the molecule is COC(=O)[C@@]1(Cc2ccccc2)C[C@](C(=O)OC)([C@@H](OC(=O)OC(C)(C)C)c2ccc(F)cc2)N=N1. The van der Waals surface area contributed by atoms with E-state index in [0.717, 1.165) is 24.8 Å². The van der Waals surface area contributed by atoms with Crippen molar-refractivity contribution in [1.29, 1.82) is 0 Å². The van der Waals surface area contributed by atoms with Gasteiger partial charge in [-0.1, -0.05) is 42.5 Å². The quantitative estimate of drug-likeness (QED) is 0.399. The van der Waals surface area contributed by atoms with Crippen LogP contribution in [0.15, 0.2) is 64.8 Å².